The van der Waals surface area contributed by atoms with Gasteiger partial charge in [-0.1, -0.05) is 0 Å². The van der Waals surface area contributed by atoms with E-state index in [4.69, 9.17) is 4.74 Å². The Kier molecular flexibility index (Phi) is 2.85. The van der Waals surface area contributed by atoms with E-state index in [1.807, 2.05) is 0 Å². The van der Waals surface area contributed by atoms with Gasteiger partial charge < -0.3 is 15.2 Å². The lowest BCUT2D eigenvalue weighted by atomic mass is 9.48. The molecule has 4 fully saturated rings. The van der Waals surface area contributed by atoms with Crippen molar-refractivity contribution in [1.29, 1.82) is 0 Å². The van der Waals surface area contributed by atoms with E-state index in [1.54, 1.807) is 0 Å². The number of carbonyl (C=O) groups is 2. The number of esters is 1. The van der Waals surface area contributed by atoms with E-state index in [9.17, 15) is 14.7 Å². The number of hydrogen-bond acceptors (Lipinski definition) is 4. The van der Waals surface area contributed by atoms with Crippen molar-refractivity contribution in [3.63, 3.8) is 0 Å². The van der Waals surface area contributed by atoms with Gasteiger partial charge in [-0.15, -0.1) is 0 Å². The normalized spacial score (nSPS) is 43.1. The maximum absolute atomic E-state index is 12.3. The number of amides is 1. The summed E-state index contributed by atoms with van der Waals surface area (Å²) in [5.74, 6) is 0.304. The standard InChI is InChI=1S/C14H21NO4/c1-15-11(16)7-19-12(17)13-3-9-2-10(4-13)6-14(18,5-9)8-13/h9-10,18H,2-8H2,1H3,(H,15,16)/t9-,10+,13?,14?. The van der Waals surface area contributed by atoms with Crippen molar-refractivity contribution in [3.8, 4) is 0 Å². The van der Waals surface area contributed by atoms with Gasteiger partial charge >= 0.3 is 5.97 Å². The largest absolute Gasteiger partial charge is 0.455 e. The van der Waals surface area contributed by atoms with Crippen molar-refractivity contribution in [3.05, 3.63) is 0 Å². The molecule has 0 saturated heterocycles. The fourth-order valence-corrected chi connectivity index (χ4v) is 4.81. The summed E-state index contributed by atoms with van der Waals surface area (Å²) in [5, 5.41) is 13.0. The highest BCUT2D eigenvalue weighted by molar-refractivity contribution is 5.83. The molecule has 0 aromatic rings. The second-order valence-corrected chi connectivity index (χ2v) is 6.72. The van der Waals surface area contributed by atoms with Crippen LogP contribution >= 0.6 is 0 Å². The van der Waals surface area contributed by atoms with E-state index in [-0.39, 0.29) is 18.5 Å². The van der Waals surface area contributed by atoms with Crippen LogP contribution in [0.5, 0.6) is 0 Å². The number of nitrogens with one attached hydrogen (secondary N) is 1. The van der Waals surface area contributed by atoms with Crippen LogP contribution in [0.3, 0.4) is 0 Å². The zero-order valence-electron chi connectivity index (χ0n) is 11.3. The van der Waals surface area contributed by atoms with Crippen LogP contribution in [0.25, 0.3) is 0 Å². The molecule has 0 aliphatic heterocycles. The first kappa shape index (κ1) is 12.9. The third kappa shape index (κ3) is 2.14. The summed E-state index contributed by atoms with van der Waals surface area (Å²) in [7, 11) is 1.52. The lowest BCUT2D eigenvalue weighted by molar-refractivity contribution is -0.196. The van der Waals surface area contributed by atoms with Crippen LogP contribution in [0.4, 0.5) is 0 Å². The molecule has 4 atom stereocenters. The van der Waals surface area contributed by atoms with Gasteiger partial charge in [0.25, 0.3) is 5.91 Å². The van der Waals surface area contributed by atoms with Crippen molar-refractivity contribution in [1.82, 2.24) is 5.32 Å². The molecule has 1 amide bonds. The Hall–Kier alpha value is -1.10. The van der Waals surface area contributed by atoms with Gasteiger partial charge in [0.15, 0.2) is 6.61 Å². The van der Waals surface area contributed by atoms with Crippen LogP contribution in [0.2, 0.25) is 0 Å². The van der Waals surface area contributed by atoms with Crippen LogP contribution in [0.1, 0.15) is 38.5 Å². The first-order chi connectivity index (χ1) is 8.95. The van der Waals surface area contributed by atoms with E-state index >= 15 is 0 Å². The Bertz CT molecular complexity index is 406. The molecular weight excluding hydrogens is 246 g/mol. The summed E-state index contributed by atoms with van der Waals surface area (Å²) in [5.41, 5.74) is -1.21. The van der Waals surface area contributed by atoms with Gasteiger partial charge in [0.2, 0.25) is 0 Å². The van der Waals surface area contributed by atoms with Crippen LogP contribution in [0.15, 0.2) is 0 Å². The highest BCUT2D eigenvalue weighted by atomic mass is 16.5. The first-order valence-corrected chi connectivity index (χ1v) is 7.05. The first-order valence-electron chi connectivity index (χ1n) is 7.05. The summed E-state index contributed by atoms with van der Waals surface area (Å²) in [4.78, 5) is 23.5. The van der Waals surface area contributed by atoms with Crippen LogP contribution in [-0.2, 0) is 14.3 Å². The van der Waals surface area contributed by atoms with Crippen molar-refractivity contribution in [2.45, 2.75) is 44.1 Å². The molecule has 2 unspecified atom stereocenters. The van der Waals surface area contributed by atoms with E-state index in [0.717, 1.165) is 32.1 Å². The fraction of sp³-hybridized carbons (Fsp3) is 0.857. The molecule has 19 heavy (non-hydrogen) atoms. The summed E-state index contributed by atoms with van der Waals surface area (Å²) in [6, 6.07) is 0. The molecule has 5 nitrogen and oxygen atoms in total. The summed E-state index contributed by atoms with van der Waals surface area (Å²) >= 11 is 0. The Balaban J connectivity index is 1.73. The highest BCUT2D eigenvalue weighted by Gasteiger charge is 2.60. The van der Waals surface area contributed by atoms with Crippen LogP contribution in [0, 0.1) is 17.3 Å². The van der Waals surface area contributed by atoms with Gasteiger partial charge in [0.05, 0.1) is 11.0 Å². The van der Waals surface area contributed by atoms with Crippen molar-refractivity contribution in [2.24, 2.45) is 17.3 Å². The van der Waals surface area contributed by atoms with Gasteiger partial charge in [0.1, 0.15) is 0 Å². The number of ether oxygens (including phenoxy) is 1. The minimum Gasteiger partial charge on any atom is -0.455 e. The Morgan fingerprint density at radius 2 is 1.89 bits per heavy atom. The molecule has 5 heteroatoms. The lowest BCUT2D eigenvalue weighted by Crippen LogP contribution is -2.58. The molecule has 4 aliphatic carbocycles. The average Bonchev–Trinajstić information content (AvgIpc) is 2.32. The second kappa shape index (κ2) is 4.20. The third-order valence-electron chi connectivity index (χ3n) is 5.08. The topological polar surface area (TPSA) is 75.6 Å². The van der Waals surface area contributed by atoms with Gasteiger partial charge in [-0.3, -0.25) is 9.59 Å². The van der Waals surface area contributed by atoms with Gasteiger partial charge in [-0.25, -0.2) is 0 Å². The van der Waals surface area contributed by atoms with E-state index in [2.05, 4.69) is 5.32 Å². The van der Waals surface area contributed by atoms with Gasteiger partial charge in [-0.05, 0) is 50.4 Å². The number of carbonyl (C=O) groups excluding carboxylic acids is 2. The second-order valence-electron chi connectivity index (χ2n) is 6.72. The lowest BCUT2D eigenvalue weighted by Gasteiger charge is -2.58. The molecule has 0 heterocycles. The number of aliphatic hydroxyl groups is 1. The smallest absolute Gasteiger partial charge is 0.312 e. The van der Waals surface area contributed by atoms with Crippen LogP contribution < -0.4 is 5.32 Å². The van der Waals surface area contributed by atoms with Crippen LogP contribution in [-0.4, -0.2) is 36.2 Å². The average molecular weight is 267 g/mol. The third-order valence-corrected chi connectivity index (χ3v) is 5.08. The molecule has 4 saturated carbocycles. The van der Waals surface area contributed by atoms with Crippen molar-refractivity contribution >= 4 is 11.9 Å². The van der Waals surface area contributed by atoms with Gasteiger partial charge in [0, 0.05) is 7.05 Å². The summed E-state index contributed by atoms with van der Waals surface area (Å²) < 4.78 is 5.16. The number of hydrogen-bond donors (Lipinski definition) is 2. The zero-order valence-corrected chi connectivity index (χ0v) is 11.3. The van der Waals surface area contributed by atoms with Gasteiger partial charge in [-0.2, -0.15) is 0 Å². The molecular formula is C14H21NO4. The van der Waals surface area contributed by atoms with Crippen molar-refractivity contribution in [2.75, 3.05) is 13.7 Å². The van der Waals surface area contributed by atoms with Crippen molar-refractivity contribution < 1.29 is 19.4 Å². The molecule has 0 aromatic heterocycles. The zero-order chi connectivity index (χ0) is 13.7. The highest BCUT2D eigenvalue weighted by Crippen LogP contribution is 2.61. The molecule has 2 N–H and O–H groups in total. The Morgan fingerprint density at radius 1 is 1.26 bits per heavy atom. The molecule has 0 spiro atoms. The monoisotopic (exact) mass is 267 g/mol. The minimum atomic E-state index is -0.671. The predicted molar refractivity (Wildman–Crippen MR) is 67.1 cm³/mol. The fourth-order valence-electron chi connectivity index (χ4n) is 4.81. The van der Waals surface area contributed by atoms with E-state index in [0.29, 0.717) is 18.3 Å². The minimum absolute atomic E-state index is 0.217. The summed E-state index contributed by atoms with van der Waals surface area (Å²) in [6.07, 6.45) is 4.94. The van der Waals surface area contributed by atoms with E-state index < -0.39 is 11.0 Å². The molecule has 4 bridgehead atoms. The maximum Gasteiger partial charge on any atom is 0.312 e. The number of rotatable bonds is 3. The maximum atomic E-state index is 12.3. The molecule has 0 aromatic carbocycles. The SMILES string of the molecule is CNC(=O)COC(=O)C12C[C@@H]3C[C@@H](CC(O)(C3)C1)C2. The Labute approximate surface area is 112 Å². The summed E-state index contributed by atoms with van der Waals surface area (Å²) in [6.45, 7) is -0.217. The Morgan fingerprint density at radius 3 is 2.42 bits per heavy atom. The molecule has 4 aliphatic rings. The molecule has 0 radical (unpaired) electrons. The predicted octanol–water partition coefficient (Wildman–Crippen LogP) is 0.607. The number of likely N-dealkylation sites (N-methyl/N-ethyl adjacent to an activating group) is 1. The van der Waals surface area contributed by atoms with E-state index in [1.165, 1.54) is 7.05 Å². The quantitative estimate of drug-likeness (QED) is 0.735. The molecule has 106 valence electrons. The molecule has 4 rings (SSSR count).